The summed E-state index contributed by atoms with van der Waals surface area (Å²) in [5.41, 5.74) is 1.03. The standard InChI is InChI=1S/C12H16N2O2S/c1-8(4-5-13)14(3)7-10-6-11(12(15)16)17-9(10)2/h6,8H,4,7H2,1-3H3,(H,15,16). The van der Waals surface area contributed by atoms with E-state index in [9.17, 15) is 4.79 Å². The summed E-state index contributed by atoms with van der Waals surface area (Å²) in [5, 5.41) is 17.5. The van der Waals surface area contributed by atoms with E-state index >= 15 is 0 Å². The highest BCUT2D eigenvalue weighted by Crippen LogP contribution is 2.23. The van der Waals surface area contributed by atoms with Crippen LogP contribution in [0.15, 0.2) is 6.07 Å². The number of rotatable bonds is 5. The van der Waals surface area contributed by atoms with E-state index < -0.39 is 5.97 Å². The van der Waals surface area contributed by atoms with E-state index in [0.29, 0.717) is 17.8 Å². The van der Waals surface area contributed by atoms with E-state index in [1.165, 1.54) is 11.3 Å². The van der Waals surface area contributed by atoms with Crippen LogP contribution in [0.4, 0.5) is 0 Å². The molecule has 1 N–H and O–H groups in total. The van der Waals surface area contributed by atoms with Crippen LogP contribution in [-0.4, -0.2) is 29.1 Å². The Kier molecular flexibility index (Phi) is 4.67. The van der Waals surface area contributed by atoms with Gasteiger partial charge in [0.05, 0.1) is 12.5 Å². The van der Waals surface area contributed by atoms with Crippen molar-refractivity contribution in [3.8, 4) is 6.07 Å². The minimum Gasteiger partial charge on any atom is -0.477 e. The first-order valence-electron chi connectivity index (χ1n) is 5.35. The lowest BCUT2D eigenvalue weighted by Crippen LogP contribution is -2.28. The van der Waals surface area contributed by atoms with Gasteiger partial charge in [-0.1, -0.05) is 0 Å². The van der Waals surface area contributed by atoms with Gasteiger partial charge in [0.2, 0.25) is 0 Å². The van der Waals surface area contributed by atoms with E-state index in [1.54, 1.807) is 6.07 Å². The average molecular weight is 252 g/mol. The van der Waals surface area contributed by atoms with Gasteiger partial charge in [0.25, 0.3) is 0 Å². The zero-order chi connectivity index (χ0) is 13.0. The maximum Gasteiger partial charge on any atom is 0.345 e. The second-order valence-electron chi connectivity index (χ2n) is 4.12. The zero-order valence-electron chi connectivity index (χ0n) is 10.2. The summed E-state index contributed by atoms with van der Waals surface area (Å²) in [5.74, 6) is -0.878. The van der Waals surface area contributed by atoms with Crippen molar-refractivity contribution in [3.63, 3.8) is 0 Å². The third-order valence-corrected chi connectivity index (χ3v) is 3.87. The van der Waals surface area contributed by atoms with E-state index in [4.69, 9.17) is 10.4 Å². The molecule has 1 aromatic rings. The molecular formula is C12H16N2O2S. The van der Waals surface area contributed by atoms with Crippen LogP contribution in [0.5, 0.6) is 0 Å². The van der Waals surface area contributed by atoms with E-state index in [0.717, 1.165) is 10.4 Å². The quantitative estimate of drug-likeness (QED) is 0.874. The lowest BCUT2D eigenvalue weighted by Gasteiger charge is -2.22. The van der Waals surface area contributed by atoms with Crippen molar-refractivity contribution in [2.45, 2.75) is 32.9 Å². The van der Waals surface area contributed by atoms with Crippen molar-refractivity contribution in [1.29, 1.82) is 5.26 Å². The Hall–Kier alpha value is -1.38. The highest BCUT2D eigenvalue weighted by Gasteiger charge is 2.15. The summed E-state index contributed by atoms with van der Waals surface area (Å²) in [6, 6.07) is 4.03. The predicted molar refractivity (Wildman–Crippen MR) is 67.2 cm³/mol. The van der Waals surface area contributed by atoms with Crippen molar-refractivity contribution >= 4 is 17.3 Å². The molecule has 0 aliphatic heterocycles. The second-order valence-corrected chi connectivity index (χ2v) is 5.38. The number of aryl methyl sites for hydroxylation is 1. The Bertz CT molecular complexity index is 448. The molecule has 1 heterocycles. The Morgan fingerprint density at radius 3 is 2.82 bits per heavy atom. The van der Waals surface area contributed by atoms with Gasteiger partial charge in [0.15, 0.2) is 0 Å². The summed E-state index contributed by atoms with van der Waals surface area (Å²) >= 11 is 1.30. The van der Waals surface area contributed by atoms with Gasteiger partial charge >= 0.3 is 5.97 Å². The van der Waals surface area contributed by atoms with Gasteiger partial charge in [-0.25, -0.2) is 4.79 Å². The molecule has 0 amide bonds. The molecule has 4 nitrogen and oxygen atoms in total. The fourth-order valence-electron chi connectivity index (χ4n) is 1.49. The molecule has 1 rings (SSSR count). The fourth-order valence-corrected chi connectivity index (χ4v) is 2.37. The van der Waals surface area contributed by atoms with E-state index in [1.807, 2.05) is 20.9 Å². The minimum absolute atomic E-state index is 0.174. The lowest BCUT2D eigenvalue weighted by atomic mass is 10.2. The maximum atomic E-state index is 10.8. The minimum atomic E-state index is -0.878. The highest BCUT2D eigenvalue weighted by atomic mass is 32.1. The van der Waals surface area contributed by atoms with Crippen LogP contribution in [0.3, 0.4) is 0 Å². The molecule has 0 bridgehead atoms. The third kappa shape index (κ3) is 3.55. The number of hydrogen-bond donors (Lipinski definition) is 1. The number of hydrogen-bond acceptors (Lipinski definition) is 4. The number of carbonyl (C=O) groups is 1. The average Bonchev–Trinajstić information content (AvgIpc) is 2.61. The first kappa shape index (κ1) is 13.7. The van der Waals surface area contributed by atoms with Crippen molar-refractivity contribution in [2.24, 2.45) is 0 Å². The van der Waals surface area contributed by atoms with Crippen LogP contribution < -0.4 is 0 Å². The van der Waals surface area contributed by atoms with Gasteiger partial charge in [0.1, 0.15) is 4.88 Å². The first-order chi connectivity index (χ1) is 7.95. The topological polar surface area (TPSA) is 64.3 Å². The number of carboxylic acids is 1. The Morgan fingerprint density at radius 1 is 1.71 bits per heavy atom. The van der Waals surface area contributed by atoms with Crippen LogP contribution in [-0.2, 0) is 6.54 Å². The van der Waals surface area contributed by atoms with Gasteiger partial charge < -0.3 is 5.11 Å². The van der Waals surface area contributed by atoms with Gasteiger partial charge in [-0.15, -0.1) is 11.3 Å². The monoisotopic (exact) mass is 252 g/mol. The molecule has 5 heteroatoms. The van der Waals surface area contributed by atoms with Crippen molar-refractivity contribution in [1.82, 2.24) is 4.90 Å². The van der Waals surface area contributed by atoms with Crippen LogP contribution in [0.1, 0.15) is 33.5 Å². The molecule has 0 saturated heterocycles. The summed E-state index contributed by atoms with van der Waals surface area (Å²) in [6.45, 7) is 4.59. The Labute approximate surface area is 105 Å². The van der Waals surface area contributed by atoms with Crippen molar-refractivity contribution in [3.05, 3.63) is 21.4 Å². The molecule has 0 saturated carbocycles. The second kappa shape index (κ2) is 5.80. The fraction of sp³-hybridized carbons (Fsp3) is 0.500. The molecular weight excluding hydrogens is 236 g/mol. The Balaban J connectivity index is 2.75. The molecule has 0 aromatic carbocycles. The molecule has 1 unspecified atom stereocenters. The van der Waals surface area contributed by atoms with Crippen molar-refractivity contribution in [2.75, 3.05) is 7.05 Å². The number of aromatic carboxylic acids is 1. The largest absolute Gasteiger partial charge is 0.477 e. The van der Waals surface area contributed by atoms with Crippen LogP contribution in [0.25, 0.3) is 0 Å². The summed E-state index contributed by atoms with van der Waals surface area (Å²) in [7, 11) is 1.94. The Morgan fingerprint density at radius 2 is 2.35 bits per heavy atom. The van der Waals surface area contributed by atoms with E-state index in [-0.39, 0.29) is 6.04 Å². The maximum absolute atomic E-state index is 10.8. The molecule has 0 fully saturated rings. The number of carboxylic acid groups (broad SMARTS) is 1. The number of nitrogens with zero attached hydrogens (tertiary/aromatic N) is 2. The summed E-state index contributed by atoms with van der Waals surface area (Å²) in [4.78, 5) is 14.3. The van der Waals surface area contributed by atoms with Crippen LogP contribution in [0.2, 0.25) is 0 Å². The normalized spacial score (nSPS) is 12.4. The third-order valence-electron chi connectivity index (χ3n) is 2.79. The van der Waals surface area contributed by atoms with Gasteiger partial charge in [-0.2, -0.15) is 5.26 Å². The van der Waals surface area contributed by atoms with Crippen LogP contribution in [0, 0.1) is 18.3 Å². The highest BCUT2D eigenvalue weighted by molar-refractivity contribution is 7.14. The molecule has 0 radical (unpaired) electrons. The molecule has 17 heavy (non-hydrogen) atoms. The molecule has 1 aromatic heterocycles. The SMILES string of the molecule is Cc1sc(C(=O)O)cc1CN(C)C(C)CC#N. The smallest absolute Gasteiger partial charge is 0.345 e. The summed E-state index contributed by atoms with van der Waals surface area (Å²) in [6.07, 6.45) is 0.478. The number of thiophene rings is 1. The molecule has 0 spiro atoms. The molecule has 0 aliphatic rings. The van der Waals surface area contributed by atoms with Crippen LogP contribution >= 0.6 is 11.3 Å². The zero-order valence-corrected chi connectivity index (χ0v) is 11.0. The van der Waals surface area contributed by atoms with Gasteiger partial charge in [0, 0.05) is 17.5 Å². The van der Waals surface area contributed by atoms with E-state index in [2.05, 4.69) is 11.0 Å². The molecule has 92 valence electrons. The lowest BCUT2D eigenvalue weighted by molar-refractivity contribution is 0.0702. The molecule has 1 atom stereocenters. The predicted octanol–water partition coefficient (Wildman–Crippen LogP) is 2.49. The van der Waals surface area contributed by atoms with Crippen molar-refractivity contribution < 1.29 is 9.90 Å². The summed E-state index contributed by atoms with van der Waals surface area (Å²) < 4.78 is 0. The molecule has 0 aliphatic carbocycles. The van der Waals surface area contributed by atoms with Gasteiger partial charge in [-0.3, -0.25) is 4.90 Å². The first-order valence-corrected chi connectivity index (χ1v) is 6.17. The number of nitriles is 1. The van der Waals surface area contributed by atoms with Gasteiger partial charge in [-0.05, 0) is 32.5 Å².